The summed E-state index contributed by atoms with van der Waals surface area (Å²) in [7, 11) is 3.60. The molecule has 2 rings (SSSR count). The van der Waals surface area contributed by atoms with Crippen LogP contribution in [0.1, 0.15) is 25.3 Å². The van der Waals surface area contributed by atoms with E-state index in [4.69, 9.17) is 9.47 Å². The number of halogens is 1. The Labute approximate surface area is 130 Å². The number of nitrogens with zero attached hydrogens (tertiary/aromatic N) is 1. The van der Waals surface area contributed by atoms with Crippen molar-refractivity contribution >= 4 is 15.9 Å². The minimum atomic E-state index is -0.135. The molecule has 0 N–H and O–H groups in total. The molecule has 1 unspecified atom stereocenters. The number of likely N-dealkylation sites (tertiary alicyclic amines) is 1. The normalized spacial score (nSPS) is 20.8. The van der Waals surface area contributed by atoms with Crippen molar-refractivity contribution in [3.05, 3.63) is 34.3 Å². The van der Waals surface area contributed by atoms with Crippen molar-refractivity contribution in [3.63, 3.8) is 0 Å². The number of ether oxygens (including phenoxy) is 2. The van der Waals surface area contributed by atoms with Crippen LogP contribution < -0.4 is 0 Å². The van der Waals surface area contributed by atoms with Crippen molar-refractivity contribution in [2.24, 2.45) is 0 Å². The number of rotatable bonds is 5. The van der Waals surface area contributed by atoms with Crippen molar-refractivity contribution in [2.75, 3.05) is 33.9 Å². The fraction of sp³-hybridized carbons (Fsp3) is 0.625. The molecule has 1 atom stereocenters. The number of methoxy groups -OCH3 is 2. The van der Waals surface area contributed by atoms with Crippen LogP contribution in [-0.4, -0.2) is 44.9 Å². The smallest absolute Gasteiger partial charge is 0.0951 e. The molecule has 1 aliphatic rings. The highest BCUT2D eigenvalue weighted by atomic mass is 79.9. The molecular formula is C16H24BrNO2. The molecule has 1 aromatic carbocycles. The van der Waals surface area contributed by atoms with E-state index < -0.39 is 0 Å². The van der Waals surface area contributed by atoms with Crippen LogP contribution in [0.15, 0.2) is 28.7 Å². The summed E-state index contributed by atoms with van der Waals surface area (Å²) in [6.07, 6.45) is 2.05. The molecular weight excluding hydrogens is 318 g/mol. The molecule has 1 aromatic rings. The van der Waals surface area contributed by atoms with Gasteiger partial charge in [0.25, 0.3) is 0 Å². The van der Waals surface area contributed by atoms with Gasteiger partial charge in [0.15, 0.2) is 0 Å². The predicted octanol–water partition coefficient (Wildman–Crippen LogP) is 3.42. The summed E-state index contributed by atoms with van der Waals surface area (Å²) in [6, 6.07) is 9.00. The van der Waals surface area contributed by atoms with Crippen molar-refractivity contribution in [1.82, 2.24) is 4.90 Å². The quantitative estimate of drug-likeness (QED) is 0.818. The van der Waals surface area contributed by atoms with Gasteiger partial charge in [-0.15, -0.1) is 0 Å². The summed E-state index contributed by atoms with van der Waals surface area (Å²) < 4.78 is 12.3. The first-order valence-electron chi connectivity index (χ1n) is 7.15. The van der Waals surface area contributed by atoms with E-state index in [0.29, 0.717) is 6.04 Å². The molecule has 1 heterocycles. The lowest BCUT2D eigenvalue weighted by molar-refractivity contribution is -0.0721. The Kier molecular flexibility index (Phi) is 5.61. The average Bonchev–Trinajstić information content (AvgIpc) is 2.48. The number of benzene rings is 1. The lowest BCUT2D eigenvalue weighted by atomic mass is 9.84. The zero-order valence-electron chi connectivity index (χ0n) is 12.6. The first-order chi connectivity index (χ1) is 9.61. The zero-order chi connectivity index (χ0) is 14.6. The standard InChI is InChI=1S/C16H24BrNO2/c1-13(12-19-2)18-10-8-16(20-3,9-11-18)14-4-6-15(17)7-5-14/h4-7,13H,8-12H2,1-3H3. The molecule has 1 fully saturated rings. The predicted molar refractivity (Wildman–Crippen MR) is 85.0 cm³/mol. The maximum absolute atomic E-state index is 5.92. The Balaban J connectivity index is 2.06. The van der Waals surface area contributed by atoms with Gasteiger partial charge >= 0.3 is 0 Å². The molecule has 4 heteroatoms. The molecule has 0 radical (unpaired) electrons. The number of piperidine rings is 1. The van der Waals surface area contributed by atoms with E-state index in [1.54, 1.807) is 7.11 Å². The topological polar surface area (TPSA) is 21.7 Å². The number of hydrogen-bond acceptors (Lipinski definition) is 3. The summed E-state index contributed by atoms with van der Waals surface area (Å²) in [5.41, 5.74) is 1.14. The molecule has 112 valence electrons. The first kappa shape index (κ1) is 16.0. The molecule has 3 nitrogen and oxygen atoms in total. The summed E-state index contributed by atoms with van der Waals surface area (Å²) in [4.78, 5) is 2.49. The van der Waals surface area contributed by atoms with Crippen molar-refractivity contribution in [1.29, 1.82) is 0 Å². The van der Waals surface area contributed by atoms with Crippen LogP contribution in [0.25, 0.3) is 0 Å². The summed E-state index contributed by atoms with van der Waals surface area (Å²) in [5, 5.41) is 0. The summed E-state index contributed by atoms with van der Waals surface area (Å²) in [5.74, 6) is 0. The van der Waals surface area contributed by atoms with Gasteiger partial charge < -0.3 is 9.47 Å². The Morgan fingerprint density at radius 1 is 1.20 bits per heavy atom. The van der Waals surface area contributed by atoms with E-state index >= 15 is 0 Å². The summed E-state index contributed by atoms with van der Waals surface area (Å²) in [6.45, 7) is 5.12. The SMILES string of the molecule is COCC(C)N1CCC(OC)(c2ccc(Br)cc2)CC1. The second kappa shape index (κ2) is 7.03. The maximum atomic E-state index is 5.92. The second-order valence-electron chi connectivity index (χ2n) is 5.55. The van der Waals surface area contributed by atoms with Crippen molar-refractivity contribution in [3.8, 4) is 0 Å². The van der Waals surface area contributed by atoms with Crippen LogP contribution >= 0.6 is 15.9 Å². The fourth-order valence-corrected chi connectivity index (χ4v) is 3.30. The van der Waals surface area contributed by atoms with Gasteiger partial charge in [0.05, 0.1) is 12.2 Å². The monoisotopic (exact) mass is 341 g/mol. The van der Waals surface area contributed by atoms with Gasteiger partial charge in [-0.1, -0.05) is 28.1 Å². The summed E-state index contributed by atoms with van der Waals surface area (Å²) >= 11 is 3.49. The Morgan fingerprint density at radius 2 is 1.80 bits per heavy atom. The molecule has 1 aliphatic heterocycles. The largest absolute Gasteiger partial charge is 0.383 e. The van der Waals surface area contributed by atoms with E-state index in [-0.39, 0.29) is 5.60 Å². The van der Waals surface area contributed by atoms with Crippen LogP contribution in [0.4, 0.5) is 0 Å². The molecule has 20 heavy (non-hydrogen) atoms. The fourth-order valence-electron chi connectivity index (χ4n) is 3.04. The van der Waals surface area contributed by atoms with E-state index in [2.05, 4.69) is 52.0 Å². The Morgan fingerprint density at radius 3 is 2.30 bits per heavy atom. The van der Waals surface area contributed by atoms with Crippen molar-refractivity contribution in [2.45, 2.75) is 31.4 Å². The highest BCUT2D eigenvalue weighted by Gasteiger charge is 2.37. The van der Waals surface area contributed by atoms with Gasteiger partial charge in [0.2, 0.25) is 0 Å². The van der Waals surface area contributed by atoms with E-state index in [9.17, 15) is 0 Å². The van der Waals surface area contributed by atoms with Gasteiger partial charge in [-0.25, -0.2) is 0 Å². The molecule has 0 spiro atoms. The zero-order valence-corrected chi connectivity index (χ0v) is 14.1. The van der Waals surface area contributed by atoms with Crippen LogP contribution in [0.3, 0.4) is 0 Å². The minimum Gasteiger partial charge on any atom is -0.383 e. The number of hydrogen-bond donors (Lipinski definition) is 0. The first-order valence-corrected chi connectivity index (χ1v) is 7.95. The average molecular weight is 342 g/mol. The van der Waals surface area contributed by atoms with E-state index in [1.165, 1.54) is 5.56 Å². The van der Waals surface area contributed by atoms with Gasteiger partial charge in [-0.05, 0) is 37.5 Å². The van der Waals surface area contributed by atoms with Gasteiger partial charge in [-0.2, -0.15) is 0 Å². The molecule has 0 amide bonds. The van der Waals surface area contributed by atoms with Crippen LogP contribution in [0.5, 0.6) is 0 Å². The third kappa shape index (κ3) is 3.42. The van der Waals surface area contributed by atoms with Crippen LogP contribution in [-0.2, 0) is 15.1 Å². The molecule has 0 saturated carbocycles. The lowest BCUT2D eigenvalue weighted by Gasteiger charge is -2.43. The molecule has 1 saturated heterocycles. The van der Waals surface area contributed by atoms with E-state index in [0.717, 1.165) is 37.0 Å². The minimum absolute atomic E-state index is 0.135. The molecule has 0 aliphatic carbocycles. The van der Waals surface area contributed by atoms with Crippen LogP contribution in [0.2, 0.25) is 0 Å². The lowest BCUT2D eigenvalue weighted by Crippen LogP contribution is -2.48. The van der Waals surface area contributed by atoms with Gasteiger partial charge in [-0.3, -0.25) is 4.90 Å². The second-order valence-corrected chi connectivity index (χ2v) is 6.46. The van der Waals surface area contributed by atoms with Crippen LogP contribution in [0, 0.1) is 0 Å². The van der Waals surface area contributed by atoms with E-state index in [1.807, 2.05) is 7.11 Å². The maximum Gasteiger partial charge on any atom is 0.0951 e. The Bertz CT molecular complexity index is 413. The highest BCUT2D eigenvalue weighted by molar-refractivity contribution is 9.10. The van der Waals surface area contributed by atoms with Gasteiger partial charge in [0, 0.05) is 37.8 Å². The molecule has 0 aromatic heterocycles. The highest BCUT2D eigenvalue weighted by Crippen LogP contribution is 2.37. The third-order valence-electron chi connectivity index (χ3n) is 4.40. The van der Waals surface area contributed by atoms with Crippen molar-refractivity contribution < 1.29 is 9.47 Å². The Hall–Kier alpha value is -0.420. The van der Waals surface area contributed by atoms with Gasteiger partial charge in [0.1, 0.15) is 0 Å². The third-order valence-corrected chi connectivity index (χ3v) is 4.93. The molecule has 0 bridgehead atoms.